The molecule has 10 heteroatoms. The number of ether oxygens (including phenoxy) is 1. The fraction of sp³-hybridized carbons (Fsp3) is 0.200. The molecule has 3 aromatic carbocycles. The van der Waals surface area contributed by atoms with Gasteiger partial charge in [0.05, 0.1) is 35.7 Å². The van der Waals surface area contributed by atoms with Gasteiger partial charge in [-0.1, -0.05) is 35.3 Å². The van der Waals surface area contributed by atoms with Crippen molar-refractivity contribution in [2.24, 2.45) is 0 Å². The van der Waals surface area contributed by atoms with E-state index in [-0.39, 0.29) is 11.7 Å². The van der Waals surface area contributed by atoms with Crippen molar-refractivity contribution in [3.05, 3.63) is 92.7 Å². The first-order valence-electron chi connectivity index (χ1n) is 12.6. The van der Waals surface area contributed by atoms with Gasteiger partial charge in [0.15, 0.2) is 11.2 Å². The van der Waals surface area contributed by atoms with Gasteiger partial charge < -0.3 is 14.6 Å². The highest BCUT2D eigenvalue weighted by Gasteiger charge is 2.64. The van der Waals surface area contributed by atoms with E-state index < -0.39 is 17.4 Å². The van der Waals surface area contributed by atoms with E-state index >= 15 is 0 Å². The van der Waals surface area contributed by atoms with E-state index in [4.69, 9.17) is 32.9 Å². The van der Waals surface area contributed by atoms with Crippen LogP contribution in [0.25, 0.3) is 11.4 Å². The number of rotatable bonds is 4. The molecule has 0 bridgehead atoms. The van der Waals surface area contributed by atoms with Crippen LogP contribution in [0.4, 0.5) is 11.4 Å². The number of carbonyl (C=O) groups excluding carboxylic acids is 2. The zero-order chi connectivity index (χ0) is 28.5. The van der Waals surface area contributed by atoms with Gasteiger partial charge in [-0.3, -0.25) is 14.5 Å². The van der Waals surface area contributed by atoms with Gasteiger partial charge in [0.1, 0.15) is 11.6 Å². The third kappa shape index (κ3) is 3.41. The molecular weight excluding hydrogens is 549 g/mol. The Hall–Kier alpha value is -4.32. The maximum Gasteiger partial charge on any atom is 0.280 e. The number of hydrogen-bond acceptors (Lipinski definition) is 5. The number of nitriles is 1. The van der Waals surface area contributed by atoms with Crippen molar-refractivity contribution >= 4 is 46.4 Å². The molecule has 0 saturated heterocycles. The summed E-state index contributed by atoms with van der Waals surface area (Å²) in [7, 11) is 1.51. The molecule has 0 aliphatic carbocycles. The first-order valence-corrected chi connectivity index (χ1v) is 13.3. The Morgan fingerprint density at radius 2 is 1.77 bits per heavy atom. The monoisotopic (exact) mass is 571 g/mol. The van der Waals surface area contributed by atoms with Crippen molar-refractivity contribution in [3.63, 3.8) is 0 Å². The molecule has 6 rings (SSSR count). The minimum absolute atomic E-state index is 0.146. The Morgan fingerprint density at radius 3 is 2.48 bits per heavy atom. The van der Waals surface area contributed by atoms with Crippen molar-refractivity contribution in [1.29, 1.82) is 5.26 Å². The maximum atomic E-state index is 14.4. The van der Waals surface area contributed by atoms with Crippen LogP contribution in [0.3, 0.4) is 0 Å². The van der Waals surface area contributed by atoms with E-state index in [9.17, 15) is 14.9 Å². The molecule has 0 fully saturated rings. The molecule has 0 radical (unpaired) electrons. The molecular formula is C30H23Cl2N5O3. The predicted molar refractivity (Wildman–Crippen MR) is 153 cm³/mol. The highest BCUT2D eigenvalue weighted by Crippen LogP contribution is 2.55. The molecule has 1 aromatic heterocycles. The SMILES string of the molecule is COc1cc(C#N)ccc1-c1nc2c(n1C(C)C)[C@]1(C(=O)Nc3cc(Cl)ccc31)N(c1cc(Cl)ccc1C)C2=O. The number of halogens is 2. The molecule has 40 heavy (non-hydrogen) atoms. The molecule has 1 spiro atoms. The van der Waals surface area contributed by atoms with Crippen molar-refractivity contribution in [2.75, 3.05) is 17.3 Å². The van der Waals surface area contributed by atoms with Crippen LogP contribution in [0.15, 0.2) is 54.6 Å². The van der Waals surface area contributed by atoms with Gasteiger partial charge in [-0.05, 0) is 68.8 Å². The van der Waals surface area contributed by atoms with Crippen molar-refractivity contribution in [2.45, 2.75) is 32.4 Å². The number of nitrogens with zero attached hydrogens (tertiary/aromatic N) is 4. The quantitative estimate of drug-likeness (QED) is 0.302. The summed E-state index contributed by atoms with van der Waals surface area (Å²) in [5, 5.41) is 13.3. The normalized spacial score (nSPS) is 17.3. The number of fused-ring (bicyclic) bond motifs is 4. The second-order valence-corrected chi connectivity index (χ2v) is 10.9. The van der Waals surface area contributed by atoms with Gasteiger partial charge in [0, 0.05) is 27.3 Å². The van der Waals surface area contributed by atoms with Crippen molar-refractivity contribution in [1.82, 2.24) is 9.55 Å². The van der Waals surface area contributed by atoms with Crippen molar-refractivity contribution in [3.8, 4) is 23.2 Å². The Balaban J connectivity index is 1.73. The third-order valence-corrected chi connectivity index (χ3v) is 7.91. The van der Waals surface area contributed by atoms with Crippen LogP contribution < -0.4 is 15.0 Å². The predicted octanol–water partition coefficient (Wildman–Crippen LogP) is 6.48. The molecule has 0 unspecified atom stereocenters. The molecule has 1 atom stereocenters. The average Bonchev–Trinajstić information content (AvgIpc) is 3.53. The molecule has 4 aromatic rings. The van der Waals surface area contributed by atoms with Crippen LogP contribution in [0.1, 0.15) is 52.8 Å². The number of imidazole rings is 1. The van der Waals surface area contributed by atoms with Crippen LogP contribution in [-0.2, 0) is 10.3 Å². The van der Waals surface area contributed by atoms with E-state index in [1.165, 1.54) is 12.0 Å². The highest BCUT2D eigenvalue weighted by molar-refractivity contribution is 6.32. The lowest BCUT2D eigenvalue weighted by Crippen LogP contribution is -2.51. The Kier molecular flexibility index (Phi) is 5.91. The molecule has 200 valence electrons. The summed E-state index contributed by atoms with van der Waals surface area (Å²) in [6, 6.07) is 17.3. The van der Waals surface area contributed by atoms with Gasteiger partial charge in [-0.15, -0.1) is 0 Å². The number of hydrogen-bond donors (Lipinski definition) is 1. The number of carbonyl (C=O) groups is 2. The molecule has 0 saturated carbocycles. The molecule has 2 aliphatic rings. The van der Waals surface area contributed by atoms with Crippen LogP contribution in [0, 0.1) is 18.3 Å². The smallest absolute Gasteiger partial charge is 0.280 e. The molecule has 3 heterocycles. The minimum atomic E-state index is -1.59. The number of amides is 2. The Bertz CT molecular complexity index is 1810. The number of benzene rings is 3. The molecule has 2 aliphatic heterocycles. The molecule has 2 amide bonds. The van der Waals surface area contributed by atoms with E-state index in [0.29, 0.717) is 55.4 Å². The lowest BCUT2D eigenvalue weighted by Gasteiger charge is -2.36. The standard InChI is InChI=1S/C30H23Cl2N5O3/c1-15(2)36-26-25(35-27(36)20-9-6-17(14-33)11-24(20)40-4)28(38)37(23-13-19(32)7-5-16(23)3)30(26)21-10-8-18(31)12-22(21)34-29(30)39/h5-13,15H,1-4H3,(H,34,39)/t30-/m1/s1. The fourth-order valence-electron chi connectivity index (χ4n) is 5.77. The summed E-state index contributed by atoms with van der Waals surface area (Å²) < 4.78 is 7.53. The number of aromatic nitrogens is 2. The zero-order valence-electron chi connectivity index (χ0n) is 22.0. The lowest BCUT2D eigenvalue weighted by atomic mass is 9.86. The average molecular weight is 572 g/mol. The number of nitrogens with one attached hydrogen (secondary N) is 1. The van der Waals surface area contributed by atoms with Crippen LogP contribution in [0.2, 0.25) is 10.0 Å². The number of aryl methyl sites for hydroxylation is 1. The summed E-state index contributed by atoms with van der Waals surface area (Å²) >= 11 is 12.7. The first-order chi connectivity index (χ1) is 19.1. The summed E-state index contributed by atoms with van der Waals surface area (Å²) in [6.45, 7) is 5.79. The lowest BCUT2D eigenvalue weighted by molar-refractivity contribution is -0.119. The summed E-state index contributed by atoms with van der Waals surface area (Å²) in [5.41, 5.74) is 2.37. The van der Waals surface area contributed by atoms with Crippen LogP contribution >= 0.6 is 23.2 Å². The molecule has 1 N–H and O–H groups in total. The van der Waals surface area contributed by atoms with Gasteiger partial charge in [-0.2, -0.15) is 5.26 Å². The minimum Gasteiger partial charge on any atom is -0.496 e. The number of methoxy groups -OCH3 is 1. The van der Waals surface area contributed by atoms with Crippen LogP contribution in [0.5, 0.6) is 5.75 Å². The third-order valence-electron chi connectivity index (χ3n) is 7.44. The van der Waals surface area contributed by atoms with Gasteiger partial charge in [0.2, 0.25) is 0 Å². The van der Waals surface area contributed by atoms with Crippen molar-refractivity contribution < 1.29 is 14.3 Å². The van der Waals surface area contributed by atoms with E-state index in [2.05, 4.69) is 11.4 Å². The Morgan fingerprint density at radius 1 is 1.05 bits per heavy atom. The van der Waals surface area contributed by atoms with E-state index in [1.54, 1.807) is 48.5 Å². The van der Waals surface area contributed by atoms with Gasteiger partial charge in [-0.25, -0.2) is 4.98 Å². The largest absolute Gasteiger partial charge is 0.496 e. The molecule has 8 nitrogen and oxygen atoms in total. The van der Waals surface area contributed by atoms with Crippen LogP contribution in [-0.4, -0.2) is 28.5 Å². The number of anilines is 2. The summed E-state index contributed by atoms with van der Waals surface area (Å²) in [4.78, 5) is 35.1. The first kappa shape index (κ1) is 25.9. The second kappa shape index (κ2) is 9.12. The Labute approximate surface area is 240 Å². The summed E-state index contributed by atoms with van der Waals surface area (Å²) in [6.07, 6.45) is 0. The topological polar surface area (TPSA) is 100 Å². The second-order valence-electron chi connectivity index (χ2n) is 10.0. The zero-order valence-corrected chi connectivity index (χ0v) is 23.6. The fourth-order valence-corrected chi connectivity index (χ4v) is 6.11. The van der Waals surface area contributed by atoms with Gasteiger partial charge in [0.25, 0.3) is 11.8 Å². The van der Waals surface area contributed by atoms with Gasteiger partial charge >= 0.3 is 0 Å². The summed E-state index contributed by atoms with van der Waals surface area (Å²) in [5.74, 6) is 0.0337. The van der Waals surface area contributed by atoms with E-state index in [1.807, 2.05) is 31.4 Å². The van der Waals surface area contributed by atoms with E-state index in [0.717, 1.165) is 5.56 Å². The highest BCUT2D eigenvalue weighted by atomic mass is 35.5. The maximum absolute atomic E-state index is 14.4.